The molecule has 0 saturated carbocycles. The number of rotatable bonds is 8. The molecule has 1 heterocycles. The quantitative estimate of drug-likeness (QED) is 0.292. The van der Waals surface area contributed by atoms with Crippen molar-refractivity contribution in [1.29, 1.82) is 0 Å². The number of methoxy groups -OCH3 is 2. The molecule has 0 atom stereocenters. The lowest BCUT2D eigenvalue weighted by atomic mass is 10.1. The molecule has 0 unspecified atom stereocenters. The summed E-state index contributed by atoms with van der Waals surface area (Å²) in [5.74, 6) is 0.371. The Morgan fingerprint density at radius 2 is 1.58 bits per heavy atom. The molecule has 1 saturated heterocycles. The van der Waals surface area contributed by atoms with Crippen LogP contribution in [0.25, 0.3) is 0 Å². The van der Waals surface area contributed by atoms with E-state index in [1.54, 1.807) is 66.7 Å². The molecule has 3 amide bonds. The SMILES string of the molecule is COC(=O)c1ccc(O[N+]2(C(=O)Cc3ccc(NC(=O)Nc4ccccc4Cl)c(OC)c3)CCCC2)cc1. The number of anilines is 2. The fourth-order valence-corrected chi connectivity index (χ4v) is 4.50. The van der Waals surface area contributed by atoms with Crippen molar-refractivity contribution in [2.45, 2.75) is 19.3 Å². The summed E-state index contributed by atoms with van der Waals surface area (Å²) in [5, 5.41) is 5.87. The summed E-state index contributed by atoms with van der Waals surface area (Å²) < 4.78 is 10.1. The van der Waals surface area contributed by atoms with Gasteiger partial charge in [0.05, 0.1) is 42.6 Å². The molecule has 1 aliphatic rings. The third kappa shape index (κ3) is 6.24. The van der Waals surface area contributed by atoms with Crippen molar-refractivity contribution in [1.82, 2.24) is 0 Å². The molecule has 38 heavy (non-hydrogen) atoms. The minimum atomic E-state index is -0.478. The lowest BCUT2D eigenvalue weighted by Gasteiger charge is -2.29. The number of hydroxylamine groups is 3. The summed E-state index contributed by atoms with van der Waals surface area (Å²) >= 11 is 6.11. The van der Waals surface area contributed by atoms with Crippen LogP contribution in [0.5, 0.6) is 11.5 Å². The number of para-hydroxylation sites is 1. The first-order valence-electron chi connectivity index (χ1n) is 12.1. The van der Waals surface area contributed by atoms with Gasteiger partial charge in [-0.05, 0) is 54.1 Å². The highest BCUT2D eigenvalue weighted by Gasteiger charge is 2.43. The van der Waals surface area contributed by atoms with Gasteiger partial charge in [-0.3, -0.25) is 0 Å². The lowest BCUT2D eigenvalue weighted by Crippen LogP contribution is -2.53. The van der Waals surface area contributed by atoms with Gasteiger partial charge in [0.1, 0.15) is 18.8 Å². The van der Waals surface area contributed by atoms with E-state index >= 15 is 0 Å². The molecule has 1 aliphatic heterocycles. The molecule has 0 aliphatic carbocycles. The first-order valence-corrected chi connectivity index (χ1v) is 12.5. The molecule has 0 spiro atoms. The topological polar surface area (TPSA) is 103 Å². The Balaban J connectivity index is 1.45. The summed E-state index contributed by atoms with van der Waals surface area (Å²) in [6.45, 7) is 1.10. The van der Waals surface area contributed by atoms with Gasteiger partial charge in [-0.2, -0.15) is 0 Å². The molecule has 198 valence electrons. The van der Waals surface area contributed by atoms with E-state index in [1.807, 2.05) is 0 Å². The lowest BCUT2D eigenvalue weighted by molar-refractivity contribution is -1.00. The Hall–Kier alpha value is -4.08. The number of halogens is 1. The van der Waals surface area contributed by atoms with E-state index in [1.165, 1.54) is 14.2 Å². The van der Waals surface area contributed by atoms with Crippen LogP contribution in [0.1, 0.15) is 28.8 Å². The van der Waals surface area contributed by atoms with Crippen molar-refractivity contribution in [3.63, 3.8) is 0 Å². The summed E-state index contributed by atoms with van der Waals surface area (Å²) in [4.78, 5) is 43.9. The zero-order chi connectivity index (χ0) is 27.1. The maximum Gasteiger partial charge on any atom is 0.359 e. The minimum absolute atomic E-state index is 0.0984. The van der Waals surface area contributed by atoms with Crippen LogP contribution >= 0.6 is 11.6 Å². The Labute approximate surface area is 225 Å². The predicted molar refractivity (Wildman–Crippen MR) is 143 cm³/mol. The van der Waals surface area contributed by atoms with E-state index in [0.717, 1.165) is 18.4 Å². The van der Waals surface area contributed by atoms with Crippen molar-refractivity contribution in [3.05, 3.63) is 82.9 Å². The van der Waals surface area contributed by atoms with Crippen LogP contribution in [0.3, 0.4) is 0 Å². The van der Waals surface area contributed by atoms with Gasteiger partial charge >= 0.3 is 17.9 Å². The number of nitrogens with zero attached hydrogens (tertiary/aromatic N) is 1. The van der Waals surface area contributed by atoms with Crippen LogP contribution in [-0.2, 0) is 16.0 Å². The zero-order valence-electron chi connectivity index (χ0n) is 21.2. The first kappa shape index (κ1) is 27.0. The normalized spacial score (nSPS) is 13.9. The fourth-order valence-electron chi connectivity index (χ4n) is 4.32. The standard InChI is InChI=1S/C28H28ClN3O6/c1-36-25-17-19(9-14-24(25)31-28(35)30-23-8-4-3-7-22(23)29)18-26(33)32(15-5-6-16-32)38-21-12-10-20(11-13-21)27(34)37-2/h3-4,7-14,17H,5-6,15-16,18H2,1-2H3,(H-,30,31,35)/p+1. The second-order valence-electron chi connectivity index (χ2n) is 8.82. The van der Waals surface area contributed by atoms with Gasteiger partial charge in [-0.15, -0.1) is 0 Å². The number of urea groups is 1. The number of hydrogen-bond donors (Lipinski definition) is 2. The Morgan fingerprint density at radius 1 is 0.895 bits per heavy atom. The Kier molecular flexibility index (Phi) is 8.50. The summed E-state index contributed by atoms with van der Waals surface area (Å²) in [5.41, 5.74) is 2.05. The molecule has 4 rings (SSSR count). The van der Waals surface area contributed by atoms with Crippen molar-refractivity contribution >= 4 is 40.9 Å². The molecule has 10 heteroatoms. The molecular weight excluding hydrogens is 510 g/mol. The number of carbonyl (C=O) groups excluding carboxylic acids is 3. The average molecular weight is 539 g/mol. The van der Waals surface area contributed by atoms with Gasteiger partial charge in [0.2, 0.25) is 0 Å². The Bertz CT molecular complexity index is 1320. The highest BCUT2D eigenvalue weighted by Crippen LogP contribution is 2.30. The van der Waals surface area contributed by atoms with Gasteiger partial charge in [0, 0.05) is 12.8 Å². The third-order valence-electron chi connectivity index (χ3n) is 6.29. The average Bonchev–Trinajstić information content (AvgIpc) is 3.40. The summed E-state index contributed by atoms with van der Waals surface area (Å²) in [7, 11) is 2.82. The summed E-state index contributed by atoms with van der Waals surface area (Å²) in [6.07, 6.45) is 1.83. The number of benzene rings is 3. The predicted octanol–water partition coefficient (Wildman–Crippen LogP) is 5.45. The van der Waals surface area contributed by atoms with Crippen LogP contribution in [0, 0.1) is 0 Å². The monoisotopic (exact) mass is 538 g/mol. The molecule has 0 bridgehead atoms. The zero-order valence-corrected chi connectivity index (χ0v) is 21.9. The van der Waals surface area contributed by atoms with Crippen molar-refractivity contribution < 1.29 is 33.3 Å². The highest BCUT2D eigenvalue weighted by atomic mass is 35.5. The second-order valence-corrected chi connectivity index (χ2v) is 9.22. The summed E-state index contributed by atoms with van der Waals surface area (Å²) in [6, 6.07) is 18.2. The van der Waals surface area contributed by atoms with E-state index < -0.39 is 12.0 Å². The maximum absolute atomic E-state index is 13.5. The largest absolute Gasteiger partial charge is 0.495 e. The number of hydrogen-bond acceptors (Lipinski definition) is 6. The fraction of sp³-hybridized carbons (Fsp3) is 0.250. The molecule has 3 aromatic carbocycles. The van der Waals surface area contributed by atoms with E-state index in [-0.39, 0.29) is 17.0 Å². The van der Waals surface area contributed by atoms with Crippen LogP contribution < -0.4 is 20.2 Å². The van der Waals surface area contributed by atoms with Crippen molar-refractivity contribution in [3.8, 4) is 11.5 Å². The van der Waals surface area contributed by atoms with Gasteiger partial charge in [0.25, 0.3) is 0 Å². The minimum Gasteiger partial charge on any atom is -0.495 e. The number of esters is 1. The second kappa shape index (κ2) is 12.0. The van der Waals surface area contributed by atoms with Crippen LogP contribution in [0.2, 0.25) is 5.02 Å². The number of carbonyl (C=O) groups is 3. The number of ether oxygens (including phenoxy) is 2. The van der Waals surface area contributed by atoms with Crippen LogP contribution in [-0.4, -0.2) is 49.9 Å². The molecule has 2 N–H and O–H groups in total. The first-order chi connectivity index (χ1) is 18.3. The Morgan fingerprint density at radius 3 is 2.24 bits per heavy atom. The van der Waals surface area contributed by atoms with Gasteiger partial charge in [-0.1, -0.05) is 34.4 Å². The van der Waals surface area contributed by atoms with Gasteiger partial charge in [-0.25, -0.2) is 14.4 Å². The van der Waals surface area contributed by atoms with E-state index in [0.29, 0.717) is 46.5 Å². The number of amides is 3. The van der Waals surface area contributed by atoms with E-state index in [9.17, 15) is 14.4 Å². The van der Waals surface area contributed by atoms with Crippen molar-refractivity contribution in [2.24, 2.45) is 0 Å². The molecule has 0 aromatic heterocycles. The van der Waals surface area contributed by atoms with Gasteiger partial charge in [0.15, 0.2) is 5.75 Å². The third-order valence-corrected chi connectivity index (χ3v) is 6.62. The number of quaternary nitrogens is 1. The van der Waals surface area contributed by atoms with Gasteiger partial charge < -0.3 is 24.9 Å². The van der Waals surface area contributed by atoms with Crippen molar-refractivity contribution in [2.75, 3.05) is 37.9 Å². The van der Waals surface area contributed by atoms with E-state index in [4.69, 9.17) is 25.9 Å². The van der Waals surface area contributed by atoms with E-state index in [2.05, 4.69) is 10.6 Å². The van der Waals surface area contributed by atoms with Crippen LogP contribution in [0.4, 0.5) is 16.2 Å². The smallest absolute Gasteiger partial charge is 0.359 e. The molecule has 0 radical (unpaired) electrons. The highest BCUT2D eigenvalue weighted by molar-refractivity contribution is 6.33. The molecule has 1 fully saturated rings. The number of likely N-dealkylation sites (tertiary alicyclic amines) is 1. The molecule has 3 aromatic rings. The molecule has 9 nitrogen and oxygen atoms in total. The molecular formula is C28H29ClN3O6+. The maximum atomic E-state index is 13.5. The number of nitrogens with one attached hydrogen (secondary N) is 2. The van der Waals surface area contributed by atoms with Crippen LogP contribution in [0.15, 0.2) is 66.7 Å².